The van der Waals surface area contributed by atoms with E-state index in [2.05, 4.69) is 20.9 Å². The van der Waals surface area contributed by atoms with Gasteiger partial charge >= 0.3 is 7.12 Å². The van der Waals surface area contributed by atoms with E-state index in [0.717, 1.165) is 10.9 Å². The second kappa shape index (κ2) is 3.18. The lowest BCUT2D eigenvalue weighted by molar-refractivity contribution is 0.426. The first-order valence-corrected chi connectivity index (χ1v) is 4.61. The molecule has 0 saturated carbocycles. The molecule has 3 N–H and O–H groups in total. The molecule has 1 heterocycles. The van der Waals surface area contributed by atoms with Gasteiger partial charge in [0.15, 0.2) is 0 Å². The molecule has 0 fully saturated rings. The predicted octanol–water partition coefficient (Wildman–Crippen LogP) is 0.610. The fraction of sp³-hybridized carbons (Fsp3) is 0. The SMILES string of the molecule is OB(O)c1c(Br)[nH]c2ccccc12. The van der Waals surface area contributed by atoms with Crippen LogP contribution in [0.1, 0.15) is 0 Å². The fourth-order valence-corrected chi connectivity index (χ4v) is 2.02. The summed E-state index contributed by atoms with van der Waals surface area (Å²) < 4.78 is 0.615. The summed E-state index contributed by atoms with van der Waals surface area (Å²) in [4.78, 5) is 3.01. The Hall–Kier alpha value is -0.775. The monoisotopic (exact) mass is 239 g/mol. The van der Waals surface area contributed by atoms with Crippen molar-refractivity contribution < 1.29 is 10.0 Å². The third-order valence-electron chi connectivity index (χ3n) is 1.96. The highest BCUT2D eigenvalue weighted by atomic mass is 79.9. The molecular weight excluding hydrogens is 233 g/mol. The largest absolute Gasteiger partial charge is 0.491 e. The lowest BCUT2D eigenvalue weighted by atomic mass is 9.80. The van der Waals surface area contributed by atoms with E-state index in [4.69, 9.17) is 10.0 Å². The predicted molar refractivity (Wildman–Crippen MR) is 55.8 cm³/mol. The number of nitrogens with one attached hydrogen (secondary N) is 1. The average Bonchev–Trinajstić information content (AvgIpc) is 2.39. The number of aromatic nitrogens is 1. The molecule has 0 radical (unpaired) electrons. The van der Waals surface area contributed by atoms with Crippen molar-refractivity contribution in [1.82, 2.24) is 4.98 Å². The van der Waals surface area contributed by atoms with Gasteiger partial charge in [0, 0.05) is 16.4 Å². The molecule has 0 aliphatic rings. The zero-order chi connectivity index (χ0) is 9.42. The Labute approximate surface area is 83.7 Å². The number of para-hydroxylation sites is 1. The molecule has 0 aliphatic heterocycles. The summed E-state index contributed by atoms with van der Waals surface area (Å²) in [5, 5.41) is 19.0. The Morgan fingerprint density at radius 1 is 1.23 bits per heavy atom. The van der Waals surface area contributed by atoms with Crippen LogP contribution in [0.4, 0.5) is 0 Å². The van der Waals surface area contributed by atoms with E-state index in [9.17, 15) is 0 Å². The molecule has 1 aromatic heterocycles. The van der Waals surface area contributed by atoms with E-state index >= 15 is 0 Å². The Morgan fingerprint density at radius 2 is 1.92 bits per heavy atom. The van der Waals surface area contributed by atoms with Crippen LogP contribution in [0.15, 0.2) is 28.9 Å². The minimum absolute atomic E-state index is 0.482. The molecule has 13 heavy (non-hydrogen) atoms. The van der Waals surface area contributed by atoms with Crippen LogP contribution in [0, 0.1) is 0 Å². The van der Waals surface area contributed by atoms with Crippen LogP contribution in [0.25, 0.3) is 10.9 Å². The van der Waals surface area contributed by atoms with Gasteiger partial charge in [0.05, 0.1) is 4.60 Å². The van der Waals surface area contributed by atoms with E-state index in [1.807, 2.05) is 24.3 Å². The van der Waals surface area contributed by atoms with E-state index < -0.39 is 7.12 Å². The standard InChI is InChI=1S/C8H7BBrNO2/c10-8-7(9(12)13)5-3-1-2-4-6(5)11-8/h1-4,11-13H. The molecule has 0 bridgehead atoms. The normalized spacial score (nSPS) is 10.7. The highest BCUT2D eigenvalue weighted by Gasteiger charge is 2.20. The molecule has 1 aromatic carbocycles. The van der Waals surface area contributed by atoms with Gasteiger partial charge in [-0.1, -0.05) is 18.2 Å². The molecule has 2 aromatic rings. The molecule has 0 spiro atoms. The number of halogens is 1. The molecule has 0 atom stereocenters. The van der Waals surface area contributed by atoms with E-state index in [1.54, 1.807) is 0 Å². The molecule has 0 saturated heterocycles. The van der Waals surface area contributed by atoms with Gasteiger partial charge in [0.1, 0.15) is 0 Å². The maximum Gasteiger partial charge on any atom is 0.491 e. The van der Waals surface area contributed by atoms with Crippen molar-refractivity contribution in [3.8, 4) is 0 Å². The van der Waals surface area contributed by atoms with Crippen molar-refractivity contribution in [2.24, 2.45) is 0 Å². The van der Waals surface area contributed by atoms with Gasteiger partial charge in [0.2, 0.25) is 0 Å². The molecule has 0 unspecified atom stereocenters. The van der Waals surface area contributed by atoms with Crippen LogP contribution in [0.3, 0.4) is 0 Å². The van der Waals surface area contributed by atoms with E-state index in [1.165, 1.54) is 0 Å². The smallest absolute Gasteiger partial charge is 0.423 e. The first-order valence-electron chi connectivity index (χ1n) is 3.82. The third-order valence-corrected chi connectivity index (χ3v) is 2.58. The Bertz CT molecular complexity index is 441. The summed E-state index contributed by atoms with van der Waals surface area (Å²) in [5.74, 6) is 0. The number of rotatable bonds is 1. The summed E-state index contributed by atoms with van der Waals surface area (Å²) in [6.07, 6.45) is 0. The molecular formula is C8H7BBrNO2. The molecule has 5 heteroatoms. The van der Waals surface area contributed by atoms with Crippen LogP contribution < -0.4 is 5.46 Å². The summed E-state index contributed by atoms with van der Waals surface area (Å²) in [6.45, 7) is 0. The second-order valence-corrected chi connectivity index (χ2v) is 3.56. The van der Waals surface area contributed by atoms with Crippen LogP contribution in [-0.2, 0) is 0 Å². The van der Waals surface area contributed by atoms with Gasteiger partial charge in [-0.2, -0.15) is 0 Å². The van der Waals surface area contributed by atoms with Gasteiger partial charge in [-0.05, 0) is 22.0 Å². The summed E-state index contributed by atoms with van der Waals surface area (Å²) >= 11 is 3.23. The minimum atomic E-state index is -1.45. The fourth-order valence-electron chi connectivity index (χ4n) is 1.38. The van der Waals surface area contributed by atoms with Crippen LogP contribution in [0.5, 0.6) is 0 Å². The first kappa shape index (κ1) is 8.81. The number of H-pyrrole nitrogens is 1. The summed E-state index contributed by atoms with van der Waals surface area (Å²) in [6, 6.07) is 7.46. The number of aromatic amines is 1. The van der Waals surface area contributed by atoms with Crippen molar-refractivity contribution in [2.45, 2.75) is 0 Å². The van der Waals surface area contributed by atoms with Gasteiger partial charge in [-0.25, -0.2) is 0 Å². The van der Waals surface area contributed by atoms with Crippen LogP contribution in [-0.4, -0.2) is 22.2 Å². The molecule has 0 aliphatic carbocycles. The number of fused-ring (bicyclic) bond motifs is 1. The van der Waals surface area contributed by atoms with Gasteiger partial charge in [-0.15, -0.1) is 0 Å². The average molecular weight is 240 g/mol. The summed E-state index contributed by atoms with van der Waals surface area (Å²) in [5.41, 5.74) is 1.37. The van der Waals surface area contributed by atoms with Crippen molar-refractivity contribution in [2.75, 3.05) is 0 Å². The first-order chi connectivity index (χ1) is 6.20. The second-order valence-electron chi connectivity index (χ2n) is 2.77. The quantitative estimate of drug-likeness (QED) is 0.639. The number of hydrogen-bond donors (Lipinski definition) is 3. The number of benzene rings is 1. The van der Waals surface area contributed by atoms with Crippen LogP contribution in [0.2, 0.25) is 0 Å². The zero-order valence-corrected chi connectivity index (χ0v) is 8.25. The van der Waals surface area contributed by atoms with Crippen molar-refractivity contribution >= 4 is 39.4 Å². The topological polar surface area (TPSA) is 56.2 Å². The molecule has 3 nitrogen and oxygen atoms in total. The number of hydrogen-bond acceptors (Lipinski definition) is 2. The highest BCUT2D eigenvalue weighted by molar-refractivity contribution is 9.10. The lowest BCUT2D eigenvalue weighted by Gasteiger charge is -1.96. The van der Waals surface area contributed by atoms with E-state index in [0.29, 0.717) is 10.1 Å². The van der Waals surface area contributed by atoms with Crippen molar-refractivity contribution in [1.29, 1.82) is 0 Å². The zero-order valence-electron chi connectivity index (χ0n) is 6.66. The maximum absolute atomic E-state index is 9.10. The Balaban J connectivity index is 2.78. The van der Waals surface area contributed by atoms with Crippen molar-refractivity contribution in [3.05, 3.63) is 28.9 Å². The molecule has 0 amide bonds. The van der Waals surface area contributed by atoms with Gasteiger partial charge in [0.25, 0.3) is 0 Å². The van der Waals surface area contributed by atoms with Crippen molar-refractivity contribution in [3.63, 3.8) is 0 Å². The minimum Gasteiger partial charge on any atom is -0.423 e. The Kier molecular flexibility index (Phi) is 2.15. The maximum atomic E-state index is 9.10. The van der Waals surface area contributed by atoms with Gasteiger partial charge < -0.3 is 15.0 Å². The van der Waals surface area contributed by atoms with E-state index in [-0.39, 0.29) is 0 Å². The van der Waals surface area contributed by atoms with Crippen LogP contribution >= 0.6 is 15.9 Å². The third kappa shape index (κ3) is 1.39. The molecule has 2 rings (SSSR count). The highest BCUT2D eigenvalue weighted by Crippen LogP contribution is 2.16. The Morgan fingerprint density at radius 3 is 2.62 bits per heavy atom. The summed E-state index contributed by atoms with van der Waals surface area (Å²) in [7, 11) is -1.45. The molecule has 66 valence electrons. The lowest BCUT2D eigenvalue weighted by Crippen LogP contribution is -2.30. The van der Waals surface area contributed by atoms with Gasteiger partial charge in [-0.3, -0.25) is 0 Å².